The number of ether oxygens (including phenoxy) is 1. The number of hydrogen-bond donors (Lipinski definition) is 2. The Morgan fingerprint density at radius 3 is 2.94 bits per heavy atom. The van der Waals surface area contributed by atoms with E-state index in [2.05, 4.69) is 19.2 Å². The summed E-state index contributed by atoms with van der Waals surface area (Å²) < 4.78 is 5.43. The molecule has 0 radical (unpaired) electrons. The zero-order chi connectivity index (χ0) is 11.8. The Labute approximate surface area is 101 Å². The number of nitrogens with one attached hydrogen (secondary N) is 1. The molecule has 0 spiro atoms. The van der Waals surface area contributed by atoms with Gasteiger partial charge in [0.2, 0.25) is 0 Å². The van der Waals surface area contributed by atoms with Crippen molar-refractivity contribution in [2.24, 2.45) is 5.92 Å². The van der Waals surface area contributed by atoms with Crippen LogP contribution in [-0.4, -0.2) is 31.4 Å². The fourth-order valence-corrected chi connectivity index (χ4v) is 1.99. The molecule has 1 atom stereocenters. The average Bonchev–Trinajstić information content (AvgIpc) is 2.75. The van der Waals surface area contributed by atoms with Gasteiger partial charge in [-0.3, -0.25) is 0 Å². The maximum Gasteiger partial charge on any atom is 0.0922 e. The molecule has 4 heteroatoms. The molecule has 16 heavy (non-hydrogen) atoms. The van der Waals surface area contributed by atoms with Gasteiger partial charge in [0.25, 0.3) is 0 Å². The molecule has 0 saturated heterocycles. The van der Waals surface area contributed by atoms with Crippen LogP contribution in [0.5, 0.6) is 0 Å². The van der Waals surface area contributed by atoms with Crippen LogP contribution in [0.4, 0.5) is 0 Å². The molecule has 0 aliphatic rings. The lowest BCUT2D eigenvalue weighted by molar-refractivity contribution is 0.107. The topological polar surface area (TPSA) is 41.5 Å². The van der Waals surface area contributed by atoms with Crippen LogP contribution in [0.15, 0.2) is 16.8 Å². The van der Waals surface area contributed by atoms with Gasteiger partial charge in [-0.05, 0) is 28.3 Å². The van der Waals surface area contributed by atoms with Crippen molar-refractivity contribution in [3.8, 4) is 0 Å². The van der Waals surface area contributed by atoms with E-state index >= 15 is 0 Å². The van der Waals surface area contributed by atoms with Crippen LogP contribution in [0, 0.1) is 5.92 Å². The molecule has 0 saturated carbocycles. The van der Waals surface area contributed by atoms with Crippen molar-refractivity contribution in [3.63, 3.8) is 0 Å². The zero-order valence-corrected chi connectivity index (χ0v) is 10.8. The molecule has 1 aromatic rings. The van der Waals surface area contributed by atoms with Crippen molar-refractivity contribution < 1.29 is 9.84 Å². The normalized spacial score (nSPS) is 13.2. The highest BCUT2D eigenvalue weighted by Gasteiger charge is 2.06. The third-order valence-electron chi connectivity index (χ3n) is 2.14. The van der Waals surface area contributed by atoms with Crippen molar-refractivity contribution in [2.75, 3.05) is 26.3 Å². The molecular weight excluding hydrogens is 222 g/mol. The summed E-state index contributed by atoms with van der Waals surface area (Å²) in [7, 11) is 0. The fourth-order valence-electron chi connectivity index (χ4n) is 1.28. The molecule has 0 aliphatic carbocycles. The predicted octanol–water partition coefficient (Wildman–Crippen LogP) is 2.04. The van der Waals surface area contributed by atoms with E-state index in [1.807, 2.05) is 16.8 Å². The maximum atomic E-state index is 9.76. The molecular formula is C12H21NO2S. The number of hydrogen-bond acceptors (Lipinski definition) is 4. The van der Waals surface area contributed by atoms with Crippen LogP contribution < -0.4 is 5.32 Å². The Hall–Kier alpha value is -0.420. The minimum Gasteiger partial charge on any atom is -0.387 e. The van der Waals surface area contributed by atoms with Gasteiger partial charge < -0.3 is 15.2 Å². The fraction of sp³-hybridized carbons (Fsp3) is 0.667. The number of aliphatic hydroxyl groups is 1. The summed E-state index contributed by atoms with van der Waals surface area (Å²) in [6, 6.07) is 1.95. The third-order valence-corrected chi connectivity index (χ3v) is 2.84. The van der Waals surface area contributed by atoms with E-state index in [4.69, 9.17) is 4.74 Å². The quantitative estimate of drug-likeness (QED) is 0.687. The van der Waals surface area contributed by atoms with Crippen LogP contribution in [0.3, 0.4) is 0 Å². The summed E-state index contributed by atoms with van der Waals surface area (Å²) in [5, 5.41) is 16.9. The van der Waals surface area contributed by atoms with E-state index in [1.54, 1.807) is 11.3 Å². The van der Waals surface area contributed by atoms with E-state index in [9.17, 15) is 5.11 Å². The predicted molar refractivity (Wildman–Crippen MR) is 67.8 cm³/mol. The third kappa shape index (κ3) is 5.61. The van der Waals surface area contributed by atoms with Crippen LogP contribution >= 0.6 is 11.3 Å². The van der Waals surface area contributed by atoms with Crippen LogP contribution in [0.2, 0.25) is 0 Å². The lowest BCUT2D eigenvalue weighted by atomic mass is 10.2. The van der Waals surface area contributed by atoms with Gasteiger partial charge in [-0.15, -0.1) is 0 Å². The van der Waals surface area contributed by atoms with Gasteiger partial charge in [0.15, 0.2) is 0 Å². The van der Waals surface area contributed by atoms with Gasteiger partial charge in [-0.2, -0.15) is 11.3 Å². The molecule has 1 rings (SSSR count). The maximum absolute atomic E-state index is 9.76. The summed E-state index contributed by atoms with van der Waals surface area (Å²) in [4.78, 5) is 0. The second kappa shape index (κ2) is 7.79. The van der Waals surface area contributed by atoms with E-state index in [1.165, 1.54) is 0 Å². The van der Waals surface area contributed by atoms with Crippen molar-refractivity contribution in [1.82, 2.24) is 5.32 Å². The van der Waals surface area contributed by atoms with Gasteiger partial charge in [0.1, 0.15) is 0 Å². The number of thiophene rings is 1. The second-order valence-corrected chi connectivity index (χ2v) is 5.03. The molecule has 0 fully saturated rings. The highest BCUT2D eigenvalue weighted by atomic mass is 32.1. The summed E-state index contributed by atoms with van der Waals surface area (Å²) in [5.41, 5.74) is 0.987. The molecule has 3 nitrogen and oxygen atoms in total. The number of aliphatic hydroxyl groups excluding tert-OH is 1. The first kappa shape index (κ1) is 13.6. The minimum absolute atomic E-state index is 0.406. The van der Waals surface area contributed by atoms with Crippen molar-refractivity contribution in [1.29, 1.82) is 0 Å². The molecule has 1 aromatic heterocycles. The monoisotopic (exact) mass is 243 g/mol. The van der Waals surface area contributed by atoms with Crippen LogP contribution in [0.25, 0.3) is 0 Å². The summed E-state index contributed by atoms with van der Waals surface area (Å²) in [5.74, 6) is 0.580. The first-order valence-corrected chi connectivity index (χ1v) is 6.63. The molecule has 0 bridgehead atoms. The lowest BCUT2D eigenvalue weighted by Crippen LogP contribution is -2.25. The molecule has 2 N–H and O–H groups in total. The standard InChI is InChI=1S/C12H21NO2S/c1-10(2)8-15-5-4-13-7-12(14)11-3-6-16-9-11/h3,6,9-10,12-14H,4-5,7-8H2,1-2H3. The lowest BCUT2D eigenvalue weighted by Gasteiger charge is -2.11. The molecule has 92 valence electrons. The summed E-state index contributed by atoms with van der Waals surface area (Å²) in [6.07, 6.45) is -0.406. The Morgan fingerprint density at radius 2 is 2.31 bits per heavy atom. The smallest absolute Gasteiger partial charge is 0.0922 e. The average molecular weight is 243 g/mol. The van der Waals surface area contributed by atoms with Crippen molar-refractivity contribution in [3.05, 3.63) is 22.4 Å². The SMILES string of the molecule is CC(C)COCCNCC(O)c1ccsc1. The van der Waals surface area contributed by atoms with Crippen LogP contribution in [0.1, 0.15) is 25.5 Å². The second-order valence-electron chi connectivity index (χ2n) is 4.25. The van der Waals surface area contributed by atoms with E-state index < -0.39 is 6.10 Å². The van der Waals surface area contributed by atoms with Crippen LogP contribution in [-0.2, 0) is 4.74 Å². The molecule has 0 amide bonds. The van der Waals surface area contributed by atoms with Crippen molar-refractivity contribution >= 4 is 11.3 Å². The van der Waals surface area contributed by atoms with E-state index in [0.717, 1.165) is 18.7 Å². The van der Waals surface area contributed by atoms with Gasteiger partial charge in [0, 0.05) is 19.7 Å². The first-order valence-electron chi connectivity index (χ1n) is 5.68. The zero-order valence-electron chi connectivity index (χ0n) is 9.98. The number of rotatable bonds is 8. The first-order chi connectivity index (χ1) is 7.70. The van der Waals surface area contributed by atoms with E-state index in [0.29, 0.717) is 19.1 Å². The highest BCUT2D eigenvalue weighted by molar-refractivity contribution is 7.07. The van der Waals surface area contributed by atoms with Gasteiger partial charge >= 0.3 is 0 Å². The van der Waals surface area contributed by atoms with Crippen molar-refractivity contribution in [2.45, 2.75) is 20.0 Å². The minimum atomic E-state index is -0.406. The van der Waals surface area contributed by atoms with Gasteiger partial charge in [-0.1, -0.05) is 13.8 Å². The van der Waals surface area contributed by atoms with Gasteiger partial charge in [-0.25, -0.2) is 0 Å². The Bertz CT molecular complexity index is 262. The molecule has 0 aliphatic heterocycles. The molecule has 1 heterocycles. The van der Waals surface area contributed by atoms with Gasteiger partial charge in [0.05, 0.1) is 12.7 Å². The Balaban J connectivity index is 1.99. The molecule has 0 aromatic carbocycles. The Morgan fingerprint density at radius 1 is 1.50 bits per heavy atom. The summed E-state index contributed by atoms with van der Waals surface area (Å²) >= 11 is 1.61. The largest absolute Gasteiger partial charge is 0.387 e. The highest BCUT2D eigenvalue weighted by Crippen LogP contribution is 2.14. The Kier molecular flexibility index (Phi) is 6.64. The molecule has 1 unspecified atom stereocenters. The van der Waals surface area contributed by atoms with E-state index in [-0.39, 0.29) is 0 Å². The summed E-state index contributed by atoms with van der Waals surface area (Å²) in [6.45, 7) is 7.14.